The second kappa shape index (κ2) is 18.6. The minimum absolute atomic E-state index is 0.0316. The monoisotopic (exact) mass is 1010 g/mol. The Hall–Kier alpha value is -4.59. The molecule has 306 valence electrons. The van der Waals surface area contributed by atoms with Gasteiger partial charge in [-0.1, -0.05) is 146 Å². The molecule has 0 radical (unpaired) electrons. The summed E-state index contributed by atoms with van der Waals surface area (Å²) in [6.07, 6.45) is 4.42. The van der Waals surface area contributed by atoms with E-state index < -0.39 is 15.8 Å². The van der Waals surface area contributed by atoms with Gasteiger partial charge in [-0.3, -0.25) is 9.98 Å². The zero-order valence-electron chi connectivity index (χ0n) is 33.7. The summed E-state index contributed by atoms with van der Waals surface area (Å²) in [5.41, 5.74) is 8.09. The van der Waals surface area contributed by atoms with Crippen molar-refractivity contribution in [2.45, 2.75) is 29.3 Å². The summed E-state index contributed by atoms with van der Waals surface area (Å²) in [6, 6.07) is 80.3. The predicted molar refractivity (Wildman–Crippen MR) is 273 cm³/mol. The Balaban J connectivity index is 0.00000149. The molecule has 3 aliphatic rings. The Bertz CT molecular complexity index is 2580. The SMILES string of the molecule is C(=N[C@@H]1C2c3ccccc3C23c2ccccc2C3[C@H]1N=Cc1ccccc1[PH+](c1ccccc1)c1ccccc1)c1ccccc1[PH+](c1ccccc1)c1ccccc1.[Br][Ni][Br]. The molecule has 8 aromatic carbocycles. The zero-order chi connectivity index (χ0) is 41.9. The van der Waals surface area contributed by atoms with Gasteiger partial charge < -0.3 is 0 Å². The third-order valence-electron chi connectivity index (χ3n) is 13.0. The first-order valence-corrected chi connectivity index (χ1v) is 28.8. The van der Waals surface area contributed by atoms with Crippen molar-refractivity contribution >= 4 is 88.6 Å². The second-order valence-electron chi connectivity index (χ2n) is 16.0. The van der Waals surface area contributed by atoms with E-state index in [2.05, 4.69) is 259 Å². The van der Waals surface area contributed by atoms with Crippen LogP contribution < -0.4 is 31.8 Å². The van der Waals surface area contributed by atoms with E-state index in [0.717, 1.165) is 0 Å². The first kappa shape index (κ1) is 41.4. The van der Waals surface area contributed by atoms with Gasteiger partial charge in [0, 0.05) is 40.8 Å². The van der Waals surface area contributed by atoms with Gasteiger partial charge in [-0.2, -0.15) is 0 Å². The van der Waals surface area contributed by atoms with E-state index in [1.165, 1.54) is 76.1 Å². The summed E-state index contributed by atoms with van der Waals surface area (Å²) < 4.78 is 0. The topological polar surface area (TPSA) is 24.7 Å². The first-order valence-electron chi connectivity index (χ1n) is 21.0. The fraction of sp³-hybridized carbons (Fsp3) is 0.0909. The van der Waals surface area contributed by atoms with Crippen molar-refractivity contribution in [2.24, 2.45) is 9.98 Å². The summed E-state index contributed by atoms with van der Waals surface area (Å²) in [6.45, 7) is 0. The molecule has 0 heterocycles. The van der Waals surface area contributed by atoms with Crippen molar-refractivity contribution in [3.8, 4) is 0 Å². The first-order chi connectivity index (χ1) is 30.7. The summed E-state index contributed by atoms with van der Waals surface area (Å²) >= 11 is 6.00. The van der Waals surface area contributed by atoms with Crippen LogP contribution in [0.2, 0.25) is 0 Å². The molecule has 7 heteroatoms. The third-order valence-corrected chi connectivity index (χ3v) is 18.6. The molecule has 0 aromatic heterocycles. The quantitative estimate of drug-likeness (QED) is 0.0741. The van der Waals surface area contributed by atoms with Gasteiger partial charge >= 0.3 is 39.3 Å². The van der Waals surface area contributed by atoms with Gasteiger partial charge in [0.25, 0.3) is 0 Å². The van der Waals surface area contributed by atoms with Crippen LogP contribution in [0.3, 0.4) is 0 Å². The molecule has 0 amide bonds. The molecular weight excluding hydrogens is 969 g/mol. The Morgan fingerprint density at radius 3 is 1.03 bits per heavy atom. The van der Waals surface area contributed by atoms with E-state index in [4.69, 9.17) is 9.98 Å². The number of halogens is 2. The number of aliphatic imine (C=N–C) groups is 2. The number of nitrogens with zero attached hydrogens (tertiary/aromatic N) is 2. The van der Waals surface area contributed by atoms with Crippen molar-refractivity contribution in [3.63, 3.8) is 0 Å². The van der Waals surface area contributed by atoms with Crippen molar-refractivity contribution < 1.29 is 10.9 Å². The maximum atomic E-state index is 5.75. The van der Waals surface area contributed by atoms with Crippen LogP contribution in [0.5, 0.6) is 0 Å². The number of hydrogen-bond donors (Lipinski definition) is 0. The molecule has 8 aromatic rings. The molecule has 1 saturated carbocycles. The number of benzene rings is 8. The summed E-state index contributed by atoms with van der Waals surface area (Å²) in [7, 11) is -1.35. The fourth-order valence-corrected chi connectivity index (χ4v) is 16.1. The Morgan fingerprint density at radius 1 is 0.387 bits per heavy atom. The van der Waals surface area contributed by atoms with Crippen LogP contribution in [0.15, 0.2) is 228 Å². The molecule has 0 bridgehead atoms. The molecule has 0 saturated heterocycles. The fourth-order valence-electron chi connectivity index (χ4n) is 10.7. The van der Waals surface area contributed by atoms with Crippen molar-refractivity contribution in [3.05, 3.63) is 252 Å². The van der Waals surface area contributed by atoms with Gasteiger partial charge in [0.05, 0.1) is 27.9 Å². The van der Waals surface area contributed by atoms with Crippen LogP contribution >= 0.6 is 44.3 Å². The normalized spacial score (nSPS) is 20.5. The summed E-state index contributed by atoms with van der Waals surface area (Å²) in [4.78, 5) is 11.5. The molecule has 62 heavy (non-hydrogen) atoms. The van der Waals surface area contributed by atoms with E-state index in [1.54, 1.807) is 0 Å². The molecule has 2 nitrogen and oxygen atoms in total. The van der Waals surface area contributed by atoms with Crippen molar-refractivity contribution in [2.75, 3.05) is 0 Å². The molecule has 2 unspecified atom stereocenters. The van der Waals surface area contributed by atoms with Crippen LogP contribution in [0, 0.1) is 0 Å². The van der Waals surface area contributed by atoms with Crippen LogP contribution in [0.4, 0.5) is 0 Å². The minimum atomic E-state index is -1.30. The number of fused-ring (bicyclic) bond motifs is 4. The molecular formula is C55H44Br2N2NiP2+2. The van der Waals surface area contributed by atoms with Gasteiger partial charge in [-0.15, -0.1) is 0 Å². The second-order valence-corrected chi connectivity index (χ2v) is 25.8. The van der Waals surface area contributed by atoms with E-state index in [1.807, 2.05) is 0 Å². The maximum absolute atomic E-state index is 5.75. The molecule has 0 aliphatic heterocycles. The molecule has 1 fully saturated rings. The summed E-state index contributed by atoms with van der Waals surface area (Å²) in [5.74, 6) is 0.501. The standard InChI is InChI=1S/C55H42N2P2.2BrH.Ni/c1-5-23-41(24-6-1)58(42-25-7-2-8-26-42)49-35-19-13-21-39(49)37-56-53-51-45-31-15-17-33-47(45)55(51)48-34-18-16-32-46(48)52(55)54(53)57-38-40-22-14-20-36-50(40)59(43-27-9-3-10-28-43)44-29-11-4-12-30-44;;;/h1-38,51-54H;2*1H;/q;;;+2/t51?,52?,53-,54-,55?;;;/m1.../s1. The van der Waals surface area contributed by atoms with Gasteiger partial charge in [-0.05, 0) is 95.1 Å². The summed E-state index contributed by atoms with van der Waals surface area (Å²) in [5, 5.41) is 8.21. The van der Waals surface area contributed by atoms with Crippen LogP contribution in [0.25, 0.3) is 0 Å². The van der Waals surface area contributed by atoms with Crippen LogP contribution in [0.1, 0.15) is 45.2 Å². The van der Waals surface area contributed by atoms with Gasteiger partial charge in [0.1, 0.15) is 31.8 Å². The zero-order valence-corrected chi connectivity index (χ0v) is 39.9. The van der Waals surface area contributed by atoms with Gasteiger partial charge in [-0.25, -0.2) is 0 Å². The number of rotatable bonds is 10. The van der Waals surface area contributed by atoms with Gasteiger partial charge in [0.15, 0.2) is 0 Å². The Labute approximate surface area is 387 Å². The molecule has 1 spiro atoms. The molecule has 11 rings (SSSR count). The third kappa shape index (κ3) is 7.35. The average Bonchev–Trinajstić information content (AvgIpc) is 3.53. The van der Waals surface area contributed by atoms with Crippen molar-refractivity contribution in [1.82, 2.24) is 0 Å². The van der Waals surface area contributed by atoms with E-state index >= 15 is 0 Å². The van der Waals surface area contributed by atoms with E-state index in [0.29, 0.717) is 0 Å². The number of hydrogen-bond acceptors (Lipinski definition) is 2. The van der Waals surface area contributed by atoms with E-state index in [-0.39, 0.29) is 29.3 Å². The van der Waals surface area contributed by atoms with E-state index in [9.17, 15) is 0 Å². The van der Waals surface area contributed by atoms with Crippen LogP contribution in [-0.4, -0.2) is 24.5 Å². The van der Waals surface area contributed by atoms with Gasteiger partial charge in [0.2, 0.25) is 0 Å². The molecule has 4 atom stereocenters. The Morgan fingerprint density at radius 2 is 0.677 bits per heavy atom. The molecule has 0 N–H and O–H groups in total. The average molecular weight is 1010 g/mol. The predicted octanol–water partition coefficient (Wildman–Crippen LogP) is 10.8. The van der Waals surface area contributed by atoms with Crippen molar-refractivity contribution in [1.29, 1.82) is 0 Å². The molecule has 3 aliphatic carbocycles. The Kier molecular flexibility index (Phi) is 12.5. The van der Waals surface area contributed by atoms with Crippen LogP contribution in [-0.2, 0) is 16.3 Å².